The lowest BCUT2D eigenvalue weighted by atomic mass is 10.3. The summed E-state index contributed by atoms with van der Waals surface area (Å²) in [6, 6.07) is 1.74. The quantitative estimate of drug-likeness (QED) is 0.575. The monoisotopic (exact) mass is 161 g/mol. The van der Waals surface area contributed by atoms with E-state index in [9.17, 15) is 0 Å². The van der Waals surface area contributed by atoms with Gasteiger partial charge in [0.1, 0.15) is 5.82 Å². The van der Waals surface area contributed by atoms with E-state index in [1.807, 2.05) is 0 Å². The molecule has 5 heteroatoms. The van der Waals surface area contributed by atoms with Gasteiger partial charge in [-0.05, 0) is 6.07 Å². The molecular weight excluding hydrogens is 154 g/mol. The second-order valence-corrected chi connectivity index (χ2v) is 2.36. The Hall–Kier alpha value is -1.91. The second kappa shape index (κ2) is 2.30. The largest absolute Gasteiger partial charge is 0.383 e. The fourth-order valence-corrected chi connectivity index (χ4v) is 1.01. The van der Waals surface area contributed by atoms with Gasteiger partial charge in [0.15, 0.2) is 0 Å². The molecule has 0 atom stereocenters. The predicted molar refractivity (Wildman–Crippen MR) is 46.2 cm³/mol. The zero-order chi connectivity index (χ0) is 8.55. The zero-order valence-electron chi connectivity index (χ0n) is 6.23. The molecule has 0 saturated carbocycles. The van der Waals surface area contributed by atoms with Crippen LogP contribution in [0.3, 0.4) is 0 Å². The number of aromatic nitrogens is 3. The molecule has 0 radical (unpaired) electrons. The Labute approximate surface area is 68.5 Å². The molecule has 5 nitrogen and oxygen atoms in total. The summed E-state index contributed by atoms with van der Waals surface area (Å²) in [5, 5.41) is 0.728. The average molecular weight is 161 g/mol. The summed E-state index contributed by atoms with van der Waals surface area (Å²) < 4.78 is 0. The van der Waals surface area contributed by atoms with E-state index in [0.29, 0.717) is 5.82 Å². The van der Waals surface area contributed by atoms with Crippen LogP contribution in [-0.4, -0.2) is 15.0 Å². The minimum absolute atomic E-state index is 0.186. The number of hydrogen-bond acceptors (Lipinski definition) is 5. The van der Waals surface area contributed by atoms with Crippen molar-refractivity contribution in [3.05, 3.63) is 18.5 Å². The first-order chi connectivity index (χ1) is 5.77. The number of anilines is 2. The highest BCUT2D eigenvalue weighted by Gasteiger charge is 2.00. The summed E-state index contributed by atoms with van der Waals surface area (Å²) in [5.74, 6) is 0.553. The van der Waals surface area contributed by atoms with Crippen molar-refractivity contribution >= 4 is 22.7 Å². The van der Waals surface area contributed by atoms with E-state index < -0.39 is 0 Å². The number of rotatable bonds is 0. The van der Waals surface area contributed by atoms with Gasteiger partial charge in [-0.2, -0.15) is 4.98 Å². The van der Waals surface area contributed by atoms with E-state index in [1.54, 1.807) is 18.5 Å². The highest BCUT2D eigenvalue weighted by atomic mass is 15.0. The van der Waals surface area contributed by atoms with E-state index in [4.69, 9.17) is 11.5 Å². The van der Waals surface area contributed by atoms with E-state index in [-0.39, 0.29) is 5.95 Å². The summed E-state index contributed by atoms with van der Waals surface area (Å²) in [7, 11) is 0. The van der Waals surface area contributed by atoms with Gasteiger partial charge in [0, 0.05) is 12.4 Å². The average Bonchev–Trinajstić information content (AvgIpc) is 2.04. The van der Waals surface area contributed by atoms with Crippen molar-refractivity contribution in [1.29, 1.82) is 0 Å². The molecule has 0 aromatic carbocycles. The number of hydrogen-bond donors (Lipinski definition) is 2. The van der Waals surface area contributed by atoms with Crippen LogP contribution < -0.4 is 11.5 Å². The van der Waals surface area contributed by atoms with E-state index in [1.165, 1.54) is 0 Å². The van der Waals surface area contributed by atoms with Gasteiger partial charge in [-0.3, -0.25) is 4.98 Å². The first kappa shape index (κ1) is 6.78. The van der Waals surface area contributed by atoms with Crippen molar-refractivity contribution < 1.29 is 0 Å². The highest BCUT2D eigenvalue weighted by Crippen LogP contribution is 2.15. The first-order valence-corrected chi connectivity index (χ1v) is 3.40. The lowest BCUT2D eigenvalue weighted by molar-refractivity contribution is 1.23. The number of nitrogens with two attached hydrogens (primary N) is 2. The molecule has 0 fully saturated rings. The maximum atomic E-state index is 5.59. The minimum atomic E-state index is 0.186. The third-order valence-corrected chi connectivity index (χ3v) is 1.54. The maximum Gasteiger partial charge on any atom is 0.222 e. The molecule has 0 unspecified atom stereocenters. The number of nitrogens with zero attached hydrogens (tertiary/aromatic N) is 3. The number of nitrogen functional groups attached to an aromatic ring is 2. The lowest BCUT2D eigenvalue weighted by Crippen LogP contribution is -2.00. The predicted octanol–water partition coefficient (Wildman–Crippen LogP) is 0.189. The van der Waals surface area contributed by atoms with Gasteiger partial charge in [0.2, 0.25) is 5.95 Å². The van der Waals surface area contributed by atoms with Gasteiger partial charge in [-0.25, -0.2) is 4.98 Å². The van der Waals surface area contributed by atoms with Crippen LogP contribution in [0.5, 0.6) is 0 Å². The molecule has 0 spiro atoms. The summed E-state index contributed by atoms with van der Waals surface area (Å²) in [6.45, 7) is 0. The van der Waals surface area contributed by atoms with Crippen LogP contribution in [0, 0.1) is 0 Å². The van der Waals surface area contributed by atoms with Gasteiger partial charge in [0.05, 0.1) is 10.9 Å². The highest BCUT2D eigenvalue weighted by molar-refractivity contribution is 5.87. The number of pyridine rings is 1. The topological polar surface area (TPSA) is 90.7 Å². The van der Waals surface area contributed by atoms with Gasteiger partial charge < -0.3 is 11.5 Å². The van der Waals surface area contributed by atoms with Crippen LogP contribution in [-0.2, 0) is 0 Å². The van der Waals surface area contributed by atoms with Crippen molar-refractivity contribution in [3.8, 4) is 0 Å². The van der Waals surface area contributed by atoms with Crippen molar-refractivity contribution in [2.24, 2.45) is 0 Å². The molecular formula is C7H7N5. The van der Waals surface area contributed by atoms with Crippen LogP contribution in [0.15, 0.2) is 18.5 Å². The Morgan fingerprint density at radius 2 is 2.00 bits per heavy atom. The molecule has 2 aromatic rings. The third-order valence-electron chi connectivity index (χ3n) is 1.54. The van der Waals surface area contributed by atoms with Crippen LogP contribution >= 0.6 is 0 Å². The normalized spacial score (nSPS) is 10.3. The van der Waals surface area contributed by atoms with Gasteiger partial charge in [-0.15, -0.1) is 0 Å². The molecule has 12 heavy (non-hydrogen) atoms. The van der Waals surface area contributed by atoms with Crippen molar-refractivity contribution in [3.63, 3.8) is 0 Å². The molecule has 4 N–H and O–H groups in total. The van der Waals surface area contributed by atoms with Gasteiger partial charge in [0.25, 0.3) is 0 Å². The molecule has 2 rings (SSSR count). The Kier molecular flexibility index (Phi) is 1.30. The summed E-state index contributed by atoms with van der Waals surface area (Å²) in [6.07, 6.45) is 3.25. The van der Waals surface area contributed by atoms with Gasteiger partial charge >= 0.3 is 0 Å². The summed E-state index contributed by atoms with van der Waals surface area (Å²) >= 11 is 0. The molecule has 0 aliphatic heterocycles. The first-order valence-electron chi connectivity index (χ1n) is 3.40. The Morgan fingerprint density at radius 1 is 1.17 bits per heavy atom. The molecule has 0 bridgehead atoms. The lowest BCUT2D eigenvalue weighted by Gasteiger charge is -1.99. The number of fused-ring (bicyclic) bond motifs is 1. The van der Waals surface area contributed by atoms with Crippen molar-refractivity contribution in [2.75, 3.05) is 11.5 Å². The smallest absolute Gasteiger partial charge is 0.222 e. The summed E-state index contributed by atoms with van der Waals surface area (Å²) in [5.41, 5.74) is 11.7. The van der Waals surface area contributed by atoms with Gasteiger partial charge in [-0.1, -0.05) is 0 Å². The van der Waals surface area contributed by atoms with Crippen molar-refractivity contribution in [2.45, 2.75) is 0 Å². The molecule has 0 amide bonds. The van der Waals surface area contributed by atoms with E-state index in [2.05, 4.69) is 15.0 Å². The minimum Gasteiger partial charge on any atom is -0.383 e. The molecule has 0 saturated heterocycles. The maximum absolute atomic E-state index is 5.59. The summed E-state index contributed by atoms with van der Waals surface area (Å²) in [4.78, 5) is 11.7. The Balaban J connectivity index is 2.89. The SMILES string of the molecule is Nc1nc(N)c2cnccc2n1. The second-order valence-electron chi connectivity index (χ2n) is 2.36. The van der Waals surface area contributed by atoms with Crippen LogP contribution in [0.25, 0.3) is 10.9 Å². The van der Waals surface area contributed by atoms with Crippen LogP contribution in [0.1, 0.15) is 0 Å². The Bertz CT molecular complexity index is 425. The molecule has 0 aliphatic rings. The molecule has 0 aliphatic carbocycles. The standard InChI is InChI=1S/C7H7N5/c8-6-4-3-10-2-1-5(4)11-7(9)12-6/h1-3H,(H4,8,9,11,12). The van der Waals surface area contributed by atoms with Crippen LogP contribution in [0.4, 0.5) is 11.8 Å². The molecule has 60 valence electrons. The van der Waals surface area contributed by atoms with E-state index in [0.717, 1.165) is 10.9 Å². The Morgan fingerprint density at radius 3 is 2.83 bits per heavy atom. The fourth-order valence-electron chi connectivity index (χ4n) is 1.01. The fraction of sp³-hybridized carbons (Fsp3) is 0. The van der Waals surface area contributed by atoms with Crippen molar-refractivity contribution in [1.82, 2.24) is 15.0 Å². The van der Waals surface area contributed by atoms with Crippen LogP contribution in [0.2, 0.25) is 0 Å². The third kappa shape index (κ3) is 0.914. The molecule has 2 aromatic heterocycles. The molecule has 2 heterocycles. The van der Waals surface area contributed by atoms with E-state index >= 15 is 0 Å². The zero-order valence-corrected chi connectivity index (χ0v) is 6.23.